The minimum atomic E-state index is -0.0545. The van der Waals surface area contributed by atoms with Crippen LogP contribution in [-0.4, -0.2) is 32.3 Å². The summed E-state index contributed by atoms with van der Waals surface area (Å²) in [5, 5.41) is 10.7. The van der Waals surface area contributed by atoms with Gasteiger partial charge in [0.25, 0.3) is 0 Å². The molecule has 2 heterocycles. The van der Waals surface area contributed by atoms with Gasteiger partial charge in [-0.15, -0.1) is 24.0 Å². The molecule has 0 saturated heterocycles. The molecule has 0 radical (unpaired) electrons. The van der Waals surface area contributed by atoms with E-state index in [1.165, 1.54) is 0 Å². The van der Waals surface area contributed by atoms with Crippen LogP contribution in [0.5, 0.6) is 0 Å². The van der Waals surface area contributed by atoms with E-state index in [0.717, 1.165) is 29.4 Å². The maximum Gasteiger partial charge on any atom is 0.213 e. The lowest BCUT2D eigenvalue weighted by Crippen LogP contribution is -2.36. The van der Waals surface area contributed by atoms with E-state index in [1.807, 2.05) is 13.0 Å². The number of aromatic nitrogens is 4. The summed E-state index contributed by atoms with van der Waals surface area (Å²) >= 11 is 0. The van der Waals surface area contributed by atoms with Gasteiger partial charge in [-0.1, -0.05) is 45.0 Å². The predicted molar refractivity (Wildman–Crippen MR) is 128 cm³/mol. The molecule has 0 saturated carbocycles. The minimum absolute atomic E-state index is 0. The highest BCUT2D eigenvalue weighted by atomic mass is 127. The van der Waals surface area contributed by atoms with Gasteiger partial charge < -0.3 is 15.1 Å². The summed E-state index contributed by atoms with van der Waals surface area (Å²) in [5.74, 6) is 2.25. The first kappa shape index (κ1) is 23.8. The SMILES string of the molecule is CCNC(=NCc1cccc(Cn2cncn2)c1)NCc1ncc(C(C)(C)C)o1.I. The van der Waals surface area contributed by atoms with Crippen LogP contribution in [0.25, 0.3) is 0 Å². The van der Waals surface area contributed by atoms with Gasteiger partial charge in [0, 0.05) is 12.0 Å². The van der Waals surface area contributed by atoms with Crippen LogP contribution in [0.3, 0.4) is 0 Å². The summed E-state index contributed by atoms with van der Waals surface area (Å²) in [7, 11) is 0. The van der Waals surface area contributed by atoms with Gasteiger partial charge in [0.1, 0.15) is 18.4 Å². The fourth-order valence-electron chi connectivity index (χ4n) is 2.74. The zero-order chi connectivity index (χ0) is 20.7. The summed E-state index contributed by atoms with van der Waals surface area (Å²) in [6.07, 6.45) is 5.05. The van der Waals surface area contributed by atoms with Crippen molar-refractivity contribution in [2.75, 3.05) is 6.54 Å². The lowest BCUT2D eigenvalue weighted by Gasteiger charge is -2.13. The first-order valence-corrected chi connectivity index (χ1v) is 9.81. The van der Waals surface area contributed by atoms with Crippen LogP contribution in [0.15, 0.2) is 52.5 Å². The van der Waals surface area contributed by atoms with E-state index in [0.29, 0.717) is 25.5 Å². The second-order valence-electron chi connectivity index (χ2n) is 7.83. The average molecular weight is 523 g/mol. The molecule has 8 nitrogen and oxygen atoms in total. The lowest BCUT2D eigenvalue weighted by molar-refractivity contribution is 0.379. The van der Waals surface area contributed by atoms with Crippen molar-refractivity contribution < 1.29 is 4.42 Å². The van der Waals surface area contributed by atoms with E-state index >= 15 is 0 Å². The Labute approximate surface area is 194 Å². The van der Waals surface area contributed by atoms with Gasteiger partial charge in [-0.3, -0.25) is 0 Å². The highest BCUT2D eigenvalue weighted by Gasteiger charge is 2.19. The van der Waals surface area contributed by atoms with Gasteiger partial charge in [-0.2, -0.15) is 5.10 Å². The minimum Gasteiger partial charge on any atom is -0.443 e. The maximum absolute atomic E-state index is 5.84. The quantitative estimate of drug-likeness (QED) is 0.280. The number of guanidine groups is 1. The molecule has 0 unspecified atom stereocenters. The summed E-state index contributed by atoms with van der Waals surface area (Å²) < 4.78 is 7.64. The summed E-state index contributed by atoms with van der Waals surface area (Å²) in [5.41, 5.74) is 2.24. The van der Waals surface area contributed by atoms with Gasteiger partial charge in [0.2, 0.25) is 5.89 Å². The van der Waals surface area contributed by atoms with Crippen molar-refractivity contribution in [2.24, 2.45) is 4.99 Å². The number of hydrogen-bond acceptors (Lipinski definition) is 5. The standard InChI is InChI=1S/C21H29N7O.HI/c1-5-23-20(26-12-19-24-11-18(29-19)21(2,3)4)25-10-16-7-6-8-17(9-16)13-28-15-22-14-27-28;/h6-9,11,14-15H,5,10,12-13H2,1-4H3,(H2,23,25,26);1H. The topological polar surface area (TPSA) is 93.2 Å². The van der Waals surface area contributed by atoms with Crippen LogP contribution in [0.4, 0.5) is 0 Å². The molecule has 0 atom stereocenters. The van der Waals surface area contributed by atoms with Crippen molar-refractivity contribution in [3.8, 4) is 0 Å². The first-order valence-electron chi connectivity index (χ1n) is 9.81. The van der Waals surface area contributed by atoms with E-state index < -0.39 is 0 Å². The molecule has 2 N–H and O–H groups in total. The third-order valence-corrected chi connectivity index (χ3v) is 4.27. The zero-order valence-electron chi connectivity index (χ0n) is 17.9. The molecule has 2 aromatic heterocycles. The Morgan fingerprint density at radius 3 is 2.67 bits per heavy atom. The summed E-state index contributed by atoms with van der Waals surface area (Å²) in [6.45, 7) is 10.9. The Kier molecular flexibility index (Phi) is 8.82. The molecular formula is C21H30IN7O. The molecule has 0 aliphatic heterocycles. The molecule has 0 aliphatic carbocycles. The number of halogens is 1. The number of oxazole rings is 1. The van der Waals surface area contributed by atoms with Crippen LogP contribution >= 0.6 is 24.0 Å². The fourth-order valence-corrected chi connectivity index (χ4v) is 2.74. The predicted octanol–water partition coefficient (Wildman–Crippen LogP) is 3.49. The normalized spacial score (nSPS) is 11.8. The van der Waals surface area contributed by atoms with E-state index in [9.17, 15) is 0 Å². The number of hydrogen-bond donors (Lipinski definition) is 2. The molecule has 0 bridgehead atoms. The van der Waals surface area contributed by atoms with Gasteiger partial charge in [-0.05, 0) is 18.1 Å². The highest BCUT2D eigenvalue weighted by molar-refractivity contribution is 14.0. The Bertz CT molecular complexity index is 929. The van der Waals surface area contributed by atoms with E-state index in [2.05, 4.69) is 69.7 Å². The Morgan fingerprint density at radius 1 is 1.20 bits per heavy atom. The van der Waals surface area contributed by atoms with Gasteiger partial charge in [0.15, 0.2) is 5.96 Å². The summed E-state index contributed by atoms with van der Waals surface area (Å²) in [6, 6.07) is 8.33. The summed E-state index contributed by atoms with van der Waals surface area (Å²) in [4.78, 5) is 13.0. The molecule has 0 amide bonds. The number of nitrogens with zero attached hydrogens (tertiary/aromatic N) is 5. The van der Waals surface area contributed by atoms with Crippen molar-refractivity contribution in [2.45, 2.75) is 52.7 Å². The number of aliphatic imine (C=N–C) groups is 1. The first-order chi connectivity index (χ1) is 13.9. The van der Waals surface area contributed by atoms with Crippen LogP contribution < -0.4 is 10.6 Å². The molecule has 0 aliphatic rings. The maximum atomic E-state index is 5.84. The smallest absolute Gasteiger partial charge is 0.213 e. The lowest BCUT2D eigenvalue weighted by atomic mass is 9.94. The molecule has 30 heavy (non-hydrogen) atoms. The van der Waals surface area contributed by atoms with Crippen molar-refractivity contribution in [3.63, 3.8) is 0 Å². The largest absolute Gasteiger partial charge is 0.443 e. The zero-order valence-corrected chi connectivity index (χ0v) is 20.3. The van der Waals surface area contributed by atoms with E-state index in [-0.39, 0.29) is 29.4 Å². The molecule has 9 heteroatoms. The monoisotopic (exact) mass is 523 g/mol. The second kappa shape index (κ2) is 11.1. The Balaban J connectivity index is 0.00000320. The van der Waals surface area contributed by atoms with Gasteiger partial charge in [-0.25, -0.2) is 19.6 Å². The third-order valence-electron chi connectivity index (χ3n) is 4.27. The number of rotatable bonds is 7. The average Bonchev–Trinajstić information content (AvgIpc) is 3.36. The van der Waals surface area contributed by atoms with Crippen molar-refractivity contribution in [1.82, 2.24) is 30.4 Å². The van der Waals surface area contributed by atoms with Crippen LogP contribution in [0, 0.1) is 0 Å². The van der Waals surface area contributed by atoms with Crippen LogP contribution in [-0.2, 0) is 25.0 Å². The van der Waals surface area contributed by atoms with Crippen LogP contribution in [0.2, 0.25) is 0 Å². The highest BCUT2D eigenvalue weighted by Crippen LogP contribution is 2.22. The fraction of sp³-hybridized carbons (Fsp3) is 0.429. The molecule has 162 valence electrons. The van der Waals surface area contributed by atoms with Crippen molar-refractivity contribution >= 4 is 29.9 Å². The van der Waals surface area contributed by atoms with E-state index in [1.54, 1.807) is 23.5 Å². The molecular weight excluding hydrogens is 493 g/mol. The number of benzene rings is 1. The molecule has 3 rings (SSSR count). The molecule has 3 aromatic rings. The molecule has 0 fully saturated rings. The third kappa shape index (κ3) is 7.12. The van der Waals surface area contributed by atoms with Gasteiger partial charge in [0.05, 0.1) is 25.8 Å². The Morgan fingerprint density at radius 2 is 2.00 bits per heavy atom. The van der Waals surface area contributed by atoms with Crippen LogP contribution in [0.1, 0.15) is 50.5 Å². The second-order valence-corrected chi connectivity index (χ2v) is 7.83. The van der Waals surface area contributed by atoms with Crippen molar-refractivity contribution in [1.29, 1.82) is 0 Å². The number of nitrogens with one attached hydrogen (secondary N) is 2. The molecule has 0 spiro atoms. The van der Waals surface area contributed by atoms with E-state index in [4.69, 9.17) is 4.42 Å². The molecule has 1 aromatic carbocycles. The van der Waals surface area contributed by atoms with Gasteiger partial charge >= 0.3 is 0 Å². The van der Waals surface area contributed by atoms with Crippen molar-refractivity contribution in [3.05, 3.63) is 65.9 Å². The Hall–Kier alpha value is -2.43.